The second-order valence-electron chi connectivity index (χ2n) is 6.40. The van der Waals surface area contributed by atoms with E-state index in [4.69, 9.17) is 0 Å². The predicted molar refractivity (Wildman–Crippen MR) is 93.1 cm³/mol. The van der Waals surface area contributed by atoms with E-state index >= 15 is 0 Å². The summed E-state index contributed by atoms with van der Waals surface area (Å²) >= 11 is 0. The van der Waals surface area contributed by atoms with E-state index in [0.29, 0.717) is 10.9 Å². The molecule has 1 aliphatic rings. The molecule has 1 fully saturated rings. The SMILES string of the molecule is CC[C@H]1CCCCN1C(=O)Cn1c(=O)n(C)c(=O)c2ccccc21. The minimum atomic E-state index is -0.447. The Labute approximate surface area is 140 Å². The molecular formula is C18H23N3O3. The molecule has 0 spiro atoms. The Balaban J connectivity index is 2.02. The summed E-state index contributed by atoms with van der Waals surface area (Å²) in [5, 5.41) is 0.457. The van der Waals surface area contributed by atoms with E-state index < -0.39 is 5.69 Å². The molecule has 1 aromatic heterocycles. The predicted octanol–water partition coefficient (Wildman–Crippen LogP) is 1.49. The Kier molecular flexibility index (Phi) is 4.55. The van der Waals surface area contributed by atoms with Gasteiger partial charge in [0.2, 0.25) is 5.91 Å². The van der Waals surface area contributed by atoms with Gasteiger partial charge in [-0.1, -0.05) is 19.1 Å². The summed E-state index contributed by atoms with van der Waals surface area (Å²) in [6, 6.07) is 7.20. The van der Waals surface area contributed by atoms with Crippen LogP contribution in [0.15, 0.2) is 33.9 Å². The Bertz CT molecular complexity index is 881. The van der Waals surface area contributed by atoms with Crippen LogP contribution in [0.4, 0.5) is 0 Å². The van der Waals surface area contributed by atoms with Gasteiger partial charge in [-0.2, -0.15) is 0 Å². The van der Waals surface area contributed by atoms with Crippen LogP contribution in [-0.2, 0) is 18.4 Å². The van der Waals surface area contributed by atoms with Crippen LogP contribution in [0.5, 0.6) is 0 Å². The molecule has 1 aliphatic heterocycles. The highest BCUT2D eigenvalue weighted by molar-refractivity contribution is 5.81. The van der Waals surface area contributed by atoms with Crippen LogP contribution in [0.25, 0.3) is 10.9 Å². The zero-order chi connectivity index (χ0) is 17.3. The molecule has 3 rings (SSSR count). The fraction of sp³-hybridized carbons (Fsp3) is 0.500. The highest BCUT2D eigenvalue weighted by Crippen LogP contribution is 2.20. The molecule has 6 nitrogen and oxygen atoms in total. The Morgan fingerprint density at radius 1 is 1.21 bits per heavy atom. The molecule has 6 heteroatoms. The number of amides is 1. The van der Waals surface area contributed by atoms with Crippen molar-refractivity contribution in [1.29, 1.82) is 0 Å². The standard InChI is InChI=1S/C18H23N3O3/c1-3-13-8-6-7-11-20(13)16(22)12-21-15-10-5-4-9-14(15)17(23)19(2)18(21)24/h4-5,9-10,13H,3,6-8,11-12H2,1-2H3/t13-/m0/s1. The van der Waals surface area contributed by atoms with Crippen LogP contribution < -0.4 is 11.2 Å². The second-order valence-corrected chi connectivity index (χ2v) is 6.40. The number of hydrogen-bond acceptors (Lipinski definition) is 3. The molecule has 0 saturated carbocycles. The smallest absolute Gasteiger partial charge is 0.331 e. The number of aromatic nitrogens is 2. The van der Waals surface area contributed by atoms with Crippen LogP contribution in [0, 0.1) is 0 Å². The highest BCUT2D eigenvalue weighted by atomic mass is 16.2. The van der Waals surface area contributed by atoms with Gasteiger partial charge >= 0.3 is 5.69 Å². The van der Waals surface area contributed by atoms with Gasteiger partial charge in [0.1, 0.15) is 6.54 Å². The van der Waals surface area contributed by atoms with E-state index in [1.54, 1.807) is 24.3 Å². The minimum Gasteiger partial charge on any atom is -0.338 e. The molecule has 1 amide bonds. The van der Waals surface area contributed by atoms with Gasteiger partial charge < -0.3 is 4.90 Å². The molecule has 1 aromatic carbocycles. The second kappa shape index (κ2) is 6.63. The van der Waals surface area contributed by atoms with E-state index in [9.17, 15) is 14.4 Å². The van der Waals surface area contributed by atoms with Gasteiger partial charge in [-0.15, -0.1) is 0 Å². The van der Waals surface area contributed by atoms with Crippen molar-refractivity contribution >= 4 is 16.8 Å². The Morgan fingerprint density at radius 2 is 1.96 bits per heavy atom. The summed E-state index contributed by atoms with van der Waals surface area (Å²) in [6.07, 6.45) is 4.09. The number of rotatable bonds is 3. The molecule has 2 aromatic rings. The lowest BCUT2D eigenvalue weighted by molar-refractivity contribution is -0.135. The van der Waals surface area contributed by atoms with Crippen molar-refractivity contribution in [3.63, 3.8) is 0 Å². The summed E-state index contributed by atoms with van der Waals surface area (Å²) in [5.41, 5.74) is -0.259. The summed E-state index contributed by atoms with van der Waals surface area (Å²) < 4.78 is 2.49. The largest absolute Gasteiger partial charge is 0.338 e. The van der Waals surface area contributed by atoms with Crippen molar-refractivity contribution in [2.24, 2.45) is 7.05 Å². The topological polar surface area (TPSA) is 64.3 Å². The number of likely N-dealkylation sites (tertiary alicyclic amines) is 1. The van der Waals surface area contributed by atoms with Gasteiger partial charge in [0.05, 0.1) is 10.9 Å². The number of fused-ring (bicyclic) bond motifs is 1. The molecule has 0 aliphatic carbocycles. The van der Waals surface area contributed by atoms with Gasteiger partial charge in [0.15, 0.2) is 0 Å². The van der Waals surface area contributed by atoms with Crippen molar-refractivity contribution in [1.82, 2.24) is 14.0 Å². The molecule has 0 N–H and O–H groups in total. The number of piperidine rings is 1. The summed E-state index contributed by atoms with van der Waals surface area (Å²) in [6.45, 7) is 2.81. The van der Waals surface area contributed by atoms with E-state index in [2.05, 4.69) is 6.92 Å². The number of carbonyl (C=O) groups excluding carboxylic acids is 1. The fourth-order valence-electron chi connectivity index (χ4n) is 3.57. The molecular weight excluding hydrogens is 306 g/mol. The summed E-state index contributed by atoms with van der Waals surface area (Å²) in [4.78, 5) is 39.5. The first-order chi connectivity index (χ1) is 11.5. The molecule has 0 radical (unpaired) electrons. The Morgan fingerprint density at radius 3 is 2.71 bits per heavy atom. The number of carbonyl (C=O) groups is 1. The lowest BCUT2D eigenvalue weighted by atomic mass is 10.00. The van der Waals surface area contributed by atoms with Crippen LogP contribution >= 0.6 is 0 Å². The quantitative estimate of drug-likeness (QED) is 0.857. The van der Waals surface area contributed by atoms with Crippen LogP contribution in [0.1, 0.15) is 32.6 Å². The van der Waals surface area contributed by atoms with Gasteiger partial charge in [-0.05, 0) is 37.8 Å². The lowest BCUT2D eigenvalue weighted by Crippen LogP contribution is -2.47. The maximum Gasteiger partial charge on any atom is 0.331 e. The number of benzene rings is 1. The average Bonchev–Trinajstić information content (AvgIpc) is 2.63. The minimum absolute atomic E-state index is 0.0238. The van der Waals surface area contributed by atoms with E-state index in [-0.39, 0.29) is 24.1 Å². The average molecular weight is 329 g/mol. The molecule has 0 unspecified atom stereocenters. The monoisotopic (exact) mass is 329 g/mol. The van der Waals surface area contributed by atoms with E-state index in [1.165, 1.54) is 11.6 Å². The van der Waals surface area contributed by atoms with Crippen LogP contribution in [0.2, 0.25) is 0 Å². The third kappa shape index (κ3) is 2.77. The highest BCUT2D eigenvalue weighted by Gasteiger charge is 2.26. The van der Waals surface area contributed by atoms with Crippen LogP contribution in [-0.4, -0.2) is 32.5 Å². The van der Waals surface area contributed by atoms with Crippen LogP contribution in [0.3, 0.4) is 0 Å². The number of hydrogen-bond donors (Lipinski definition) is 0. The van der Waals surface area contributed by atoms with Gasteiger partial charge in [-0.3, -0.25) is 18.7 Å². The summed E-state index contributed by atoms with van der Waals surface area (Å²) in [5.74, 6) is -0.0487. The maximum absolute atomic E-state index is 12.8. The Hall–Kier alpha value is -2.37. The first-order valence-corrected chi connectivity index (χ1v) is 8.52. The van der Waals surface area contributed by atoms with Gasteiger partial charge in [-0.25, -0.2) is 4.79 Å². The van der Waals surface area contributed by atoms with E-state index in [0.717, 1.165) is 36.8 Å². The molecule has 1 saturated heterocycles. The van der Waals surface area contributed by atoms with Gasteiger partial charge in [0.25, 0.3) is 5.56 Å². The van der Waals surface area contributed by atoms with Crippen molar-refractivity contribution in [2.45, 2.75) is 45.2 Å². The number of para-hydroxylation sites is 1. The lowest BCUT2D eigenvalue weighted by Gasteiger charge is -2.35. The fourth-order valence-corrected chi connectivity index (χ4v) is 3.57. The van der Waals surface area contributed by atoms with Gasteiger partial charge in [0, 0.05) is 19.6 Å². The zero-order valence-corrected chi connectivity index (χ0v) is 14.2. The van der Waals surface area contributed by atoms with E-state index in [1.807, 2.05) is 4.90 Å². The van der Waals surface area contributed by atoms with Crippen molar-refractivity contribution < 1.29 is 4.79 Å². The molecule has 1 atom stereocenters. The number of nitrogens with zero attached hydrogens (tertiary/aromatic N) is 3. The first kappa shape index (κ1) is 16.5. The molecule has 2 heterocycles. The zero-order valence-electron chi connectivity index (χ0n) is 14.2. The third-order valence-corrected chi connectivity index (χ3v) is 4.96. The van der Waals surface area contributed by atoms with Crippen molar-refractivity contribution in [3.8, 4) is 0 Å². The molecule has 128 valence electrons. The van der Waals surface area contributed by atoms with Crippen molar-refractivity contribution in [3.05, 3.63) is 45.1 Å². The normalized spacial score (nSPS) is 18.1. The summed E-state index contributed by atoms with van der Waals surface area (Å²) in [7, 11) is 1.45. The maximum atomic E-state index is 12.8. The van der Waals surface area contributed by atoms with Crippen molar-refractivity contribution in [2.75, 3.05) is 6.54 Å². The first-order valence-electron chi connectivity index (χ1n) is 8.52. The molecule has 0 bridgehead atoms. The molecule has 24 heavy (non-hydrogen) atoms. The third-order valence-electron chi connectivity index (χ3n) is 4.96.